The van der Waals surface area contributed by atoms with Gasteiger partial charge in [-0.3, -0.25) is 0 Å². The number of hydrogen-bond donors (Lipinski definition) is 0. The molecule has 0 aliphatic carbocycles. The molecule has 0 saturated carbocycles. The van der Waals surface area contributed by atoms with Gasteiger partial charge < -0.3 is 0 Å². The maximum atomic E-state index is 12.3. The summed E-state index contributed by atoms with van der Waals surface area (Å²) >= 11 is 5.71. The monoisotopic (exact) mass is 254 g/mol. The fraction of sp³-hybridized carbons (Fsp3) is 0.143. The van der Waals surface area contributed by atoms with Crippen LogP contribution in [0.2, 0.25) is 5.02 Å². The van der Waals surface area contributed by atoms with Crippen molar-refractivity contribution in [2.45, 2.75) is 13.8 Å². The molecule has 90 valence electrons. The Morgan fingerprint density at radius 3 is 1.71 bits per heavy atom. The highest BCUT2D eigenvalue weighted by Gasteiger charge is 1.99. The largest absolute Gasteiger partial charge is 0.207 e. The molecule has 3 heteroatoms. The number of halogens is 3. The van der Waals surface area contributed by atoms with Gasteiger partial charge in [0.15, 0.2) is 0 Å². The van der Waals surface area contributed by atoms with Crippen molar-refractivity contribution in [2.75, 3.05) is 0 Å². The summed E-state index contributed by atoms with van der Waals surface area (Å²) in [5.74, 6) is -0.981. The minimum absolute atomic E-state index is 0.0810. The van der Waals surface area contributed by atoms with Gasteiger partial charge in [0.25, 0.3) is 0 Å². The zero-order chi connectivity index (χ0) is 12.8. The van der Waals surface area contributed by atoms with Gasteiger partial charge in [0.2, 0.25) is 0 Å². The van der Waals surface area contributed by atoms with Crippen molar-refractivity contribution in [3.05, 3.63) is 70.2 Å². The van der Waals surface area contributed by atoms with Crippen LogP contribution < -0.4 is 0 Å². The van der Waals surface area contributed by atoms with E-state index in [9.17, 15) is 8.78 Å². The minimum atomic E-state index is -0.491. The summed E-state index contributed by atoms with van der Waals surface area (Å²) in [6, 6.07) is 11.6. The zero-order valence-electron chi connectivity index (χ0n) is 9.68. The van der Waals surface area contributed by atoms with Gasteiger partial charge in [0.05, 0.1) is 0 Å². The van der Waals surface area contributed by atoms with Crippen molar-refractivity contribution in [3.63, 3.8) is 0 Å². The number of hydrogen-bond acceptors (Lipinski definition) is 0. The van der Waals surface area contributed by atoms with Crippen LogP contribution in [-0.4, -0.2) is 0 Å². The summed E-state index contributed by atoms with van der Waals surface area (Å²) < 4.78 is 24.7. The van der Waals surface area contributed by atoms with Crippen LogP contribution in [0.15, 0.2) is 42.5 Å². The van der Waals surface area contributed by atoms with Crippen molar-refractivity contribution in [2.24, 2.45) is 0 Å². The van der Waals surface area contributed by atoms with Crippen LogP contribution in [0.25, 0.3) is 0 Å². The van der Waals surface area contributed by atoms with Crippen LogP contribution in [0.4, 0.5) is 8.78 Å². The average Bonchev–Trinajstić information content (AvgIpc) is 2.31. The Labute approximate surface area is 105 Å². The van der Waals surface area contributed by atoms with Crippen LogP contribution in [-0.2, 0) is 0 Å². The summed E-state index contributed by atoms with van der Waals surface area (Å²) in [7, 11) is 0. The third-order valence-electron chi connectivity index (χ3n) is 2.28. The fourth-order valence-electron chi connectivity index (χ4n) is 1.13. The van der Waals surface area contributed by atoms with Gasteiger partial charge >= 0.3 is 0 Å². The van der Waals surface area contributed by atoms with Crippen molar-refractivity contribution < 1.29 is 8.78 Å². The molecule has 0 heterocycles. The molecule has 0 unspecified atom stereocenters. The predicted octanol–water partition coefficient (Wildman–Crippen LogP) is 4.92. The predicted molar refractivity (Wildman–Crippen MR) is 67.3 cm³/mol. The third kappa shape index (κ3) is 4.16. The number of benzene rings is 2. The molecule has 0 fully saturated rings. The van der Waals surface area contributed by atoms with Crippen molar-refractivity contribution >= 4 is 11.6 Å². The van der Waals surface area contributed by atoms with E-state index in [0.29, 0.717) is 0 Å². The van der Waals surface area contributed by atoms with E-state index in [-0.39, 0.29) is 5.56 Å². The second-order valence-corrected chi connectivity index (χ2v) is 4.00. The molecule has 0 bridgehead atoms. The SMILES string of the molecule is Cc1c(F)cccc1F.Cc1ccccc1Cl. The smallest absolute Gasteiger partial charge is 0.129 e. The molecule has 0 saturated heterocycles. The standard InChI is InChI=1S/C7H7Cl.C7H6F2/c1-6-4-2-3-5-7(6)8;1-5-6(8)3-2-4-7(5)9/h2-5H,1H3;2-4H,1H3. The van der Waals surface area contributed by atoms with Gasteiger partial charge in [-0.1, -0.05) is 35.9 Å². The molecule has 0 aliphatic rings. The van der Waals surface area contributed by atoms with Crippen LogP contribution in [0, 0.1) is 25.5 Å². The molecule has 2 rings (SSSR count). The van der Waals surface area contributed by atoms with Gasteiger partial charge in [0, 0.05) is 10.6 Å². The lowest BCUT2D eigenvalue weighted by atomic mass is 10.2. The van der Waals surface area contributed by atoms with E-state index >= 15 is 0 Å². The van der Waals surface area contributed by atoms with Crippen LogP contribution in [0.3, 0.4) is 0 Å². The Kier molecular flexibility index (Phi) is 5.11. The molecule has 17 heavy (non-hydrogen) atoms. The first-order valence-electron chi connectivity index (χ1n) is 5.14. The minimum Gasteiger partial charge on any atom is -0.207 e. The normalized spacial score (nSPS) is 9.47. The molecule has 0 radical (unpaired) electrons. The van der Waals surface area contributed by atoms with Gasteiger partial charge in [-0.25, -0.2) is 8.78 Å². The quantitative estimate of drug-likeness (QED) is 0.626. The van der Waals surface area contributed by atoms with Crippen LogP contribution in [0.5, 0.6) is 0 Å². The Morgan fingerprint density at radius 1 is 0.824 bits per heavy atom. The molecule has 0 N–H and O–H groups in total. The van der Waals surface area contributed by atoms with Crippen molar-refractivity contribution in [1.82, 2.24) is 0 Å². The Bertz CT molecular complexity index is 454. The van der Waals surface area contributed by atoms with E-state index in [1.54, 1.807) is 0 Å². The molecule has 0 nitrogen and oxygen atoms in total. The number of rotatable bonds is 0. The summed E-state index contributed by atoms with van der Waals surface area (Å²) in [4.78, 5) is 0. The van der Waals surface area contributed by atoms with E-state index < -0.39 is 11.6 Å². The van der Waals surface area contributed by atoms with Gasteiger partial charge in [0.1, 0.15) is 11.6 Å². The molecule has 0 atom stereocenters. The molecule has 2 aromatic carbocycles. The second kappa shape index (κ2) is 6.36. The topological polar surface area (TPSA) is 0 Å². The molecular weight excluding hydrogens is 242 g/mol. The third-order valence-corrected chi connectivity index (χ3v) is 2.70. The van der Waals surface area contributed by atoms with Crippen molar-refractivity contribution in [1.29, 1.82) is 0 Å². The lowest BCUT2D eigenvalue weighted by Crippen LogP contribution is -1.85. The summed E-state index contributed by atoms with van der Waals surface area (Å²) in [5, 5.41) is 0.840. The van der Waals surface area contributed by atoms with Crippen molar-refractivity contribution in [3.8, 4) is 0 Å². The highest BCUT2D eigenvalue weighted by Crippen LogP contribution is 2.12. The van der Waals surface area contributed by atoms with E-state index in [2.05, 4.69) is 0 Å². The summed E-state index contributed by atoms with van der Waals surface area (Å²) in [6.07, 6.45) is 0. The van der Waals surface area contributed by atoms with E-state index in [4.69, 9.17) is 11.6 Å². The lowest BCUT2D eigenvalue weighted by molar-refractivity contribution is 0.568. The zero-order valence-corrected chi connectivity index (χ0v) is 10.4. The molecule has 0 aliphatic heterocycles. The highest BCUT2D eigenvalue weighted by atomic mass is 35.5. The van der Waals surface area contributed by atoms with E-state index in [0.717, 1.165) is 10.6 Å². The summed E-state index contributed by atoms with van der Waals surface area (Å²) in [5.41, 5.74) is 1.21. The van der Waals surface area contributed by atoms with Crippen LogP contribution >= 0.6 is 11.6 Å². The molecule has 2 aromatic rings. The van der Waals surface area contributed by atoms with E-state index in [1.165, 1.54) is 25.1 Å². The first kappa shape index (κ1) is 13.7. The van der Waals surface area contributed by atoms with Gasteiger partial charge in [-0.15, -0.1) is 0 Å². The molecule has 0 spiro atoms. The summed E-state index contributed by atoms with van der Waals surface area (Å²) in [6.45, 7) is 3.40. The fourth-order valence-corrected chi connectivity index (χ4v) is 1.27. The maximum absolute atomic E-state index is 12.3. The first-order valence-corrected chi connectivity index (χ1v) is 5.52. The Morgan fingerprint density at radius 2 is 1.35 bits per heavy atom. The Hall–Kier alpha value is -1.41. The first-order chi connectivity index (χ1) is 8.02. The maximum Gasteiger partial charge on any atom is 0.129 e. The molecule has 0 aromatic heterocycles. The second-order valence-electron chi connectivity index (χ2n) is 3.60. The lowest BCUT2D eigenvalue weighted by Gasteiger charge is -1.94. The van der Waals surface area contributed by atoms with E-state index in [1.807, 2.05) is 31.2 Å². The highest BCUT2D eigenvalue weighted by molar-refractivity contribution is 6.31. The van der Waals surface area contributed by atoms with Gasteiger partial charge in [-0.05, 0) is 37.6 Å². The molecule has 0 amide bonds. The Balaban J connectivity index is 0.000000171. The number of aryl methyl sites for hydroxylation is 1. The average molecular weight is 255 g/mol. The van der Waals surface area contributed by atoms with Gasteiger partial charge in [-0.2, -0.15) is 0 Å². The van der Waals surface area contributed by atoms with Crippen LogP contribution in [0.1, 0.15) is 11.1 Å². The molecular formula is C14H13ClF2.